The Balaban J connectivity index is 2.35. The molecular formula is C13H20N2O2. The molecular weight excluding hydrogens is 216 g/mol. The van der Waals surface area contributed by atoms with Crippen LogP contribution in [0.4, 0.5) is 0 Å². The summed E-state index contributed by atoms with van der Waals surface area (Å²) in [5.74, 6) is 0.820. The van der Waals surface area contributed by atoms with Crippen LogP contribution in [-0.4, -0.2) is 24.7 Å². The summed E-state index contributed by atoms with van der Waals surface area (Å²) < 4.78 is 11.0. The second-order valence-electron chi connectivity index (χ2n) is 4.75. The van der Waals surface area contributed by atoms with E-state index in [4.69, 9.17) is 20.6 Å². The number of benzene rings is 1. The van der Waals surface area contributed by atoms with E-state index in [2.05, 4.69) is 0 Å². The van der Waals surface area contributed by atoms with Gasteiger partial charge in [0.2, 0.25) is 0 Å². The van der Waals surface area contributed by atoms with E-state index >= 15 is 0 Å². The van der Waals surface area contributed by atoms with Crippen molar-refractivity contribution in [1.82, 2.24) is 0 Å². The first-order valence-corrected chi connectivity index (χ1v) is 5.60. The molecule has 0 aliphatic carbocycles. The van der Waals surface area contributed by atoms with E-state index in [0.29, 0.717) is 18.8 Å². The molecule has 0 aliphatic heterocycles. The number of nitrogens with one attached hydrogen (secondary N) is 1. The van der Waals surface area contributed by atoms with Gasteiger partial charge in [-0.25, -0.2) is 0 Å². The van der Waals surface area contributed by atoms with Crippen LogP contribution in [0.25, 0.3) is 0 Å². The van der Waals surface area contributed by atoms with Gasteiger partial charge in [0.15, 0.2) is 0 Å². The van der Waals surface area contributed by atoms with Crippen LogP contribution < -0.4 is 10.5 Å². The smallest absolute Gasteiger partial charge is 0.122 e. The Morgan fingerprint density at radius 3 is 2.24 bits per heavy atom. The van der Waals surface area contributed by atoms with Crippen LogP contribution in [0.3, 0.4) is 0 Å². The van der Waals surface area contributed by atoms with E-state index in [-0.39, 0.29) is 11.4 Å². The Morgan fingerprint density at radius 1 is 1.18 bits per heavy atom. The maximum atomic E-state index is 7.26. The molecule has 1 aromatic carbocycles. The Hall–Kier alpha value is -1.55. The van der Waals surface area contributed by atoms with Crippen molar-refractivity contribution in [3.05, 3.63) is 29.8 Å². The van der Waals surface area contributed by atoms with Crippen molar-refractivity contribution >= 4 is 5.84 Å². The van der Waals surface area contributed by atoms with E-state index < -0.39 is 0 Å². The third-order valence-electron chi connectivity index (χ3n) is 2.05. The van der Waals surface area contributed by atoms with Gasteiger partial charge in [0, 0.05) is 5.56 Å². The van der Waals surface area contributed by atoms with E-state index in [1.54, 1.807) is 24.3 Å². The van der Waals surface area contributed by atoms with Gasteiger partial charge in [-0.1, -0.05) is 0 Å². The highest BCUT2D eigenvalue weighted by atomic mass is 16.5. The second-order valence-corrected chi connectivity index (χ2v) is 4.75. The third kappa shape index (κ3) is 5.36. The molecule has 0 heterocycles. The first kappa shape index (κ1) is 13.5. The summed E-state index contributed by atoms with van der Waals surface area (Å²) in [6.07, 6.45) is 0. The summed E-state index contributed by atoms with van der Waals surface area (Å²) in [6, 6.07) is 7.13. The van der Waals surface area contributed by atoms with Gasteiger partial charge in [-0.05, 0) is 45.0 Å². The van der Waals surface area contributed by atoms with Crippen LogP contribution in [0.1, 0.15) is 26.3 Å². The zero-order chi connectivity index (χ0) is 12.9. The number of nitrogens with two attached hydrogens (primary N) is 1. The minimum absolute atomic E-state index is 0.0626. The first-order valence-electron chi connectivity index (χ1n) is 5.60. The third-order valence-corrected chi connectivity index (χ3v) is 2.05. The van der Waals surface area contributed by atoms with Gasteiger partial charge in [0.05, 0.1) is 12.2 Å². The first-order chi connectivity index (χ1) is 7.88. The SMILES string of the molecule is CC(C)(C)OCCOc1ccc(C(=N)N)cc1. The quantitative estimate of drug-likeness (QED) is 0.467. The molecule has 0 aromatic heterocycles. The second kappa shape index (κ2) is 5.68. The topological polar surface area (TPSA) is 68.3 Å². The molecule has 0 fully saturated rings. The van der Waals surface area contributed by atoms with Gasteiger partial charge in [0.25, 0.3) is 0 Å². The molecule has 0 radical (unpaired) electrons. The zero-order valence-electron chi connectivity index (χ0n) is 10.6. The lowest BCUT2D eigenvalue weighted by Crippen LogP contribution is -2.22. The number of nitrogen functional groups attached to an aromatic ring is 1. The zero-order valence-corrected chi connectivity index (χ0v) is 10.6. The van der Waals surface area contributed by atoms with Crippen LogP contribution in [-0.2, 0) is 4.74 Å². The molecule has 4 nitrogen and oxygen atoms in total. The highest BCUT2D eigenvalue weighted by Crippen LogP contribution is 2.12. The van der Waals surface area contributed by atoms with Crippen LogP contribution in [0.5, 0.6) is 5.75 Å². The Bertz CT molecular complexity index is 366. The van der Waals surface area contributed by atoms with E-state index in [0.717, 1.165) is 5.75 Å². The van der Waals surface area contributed by atoms with Crippen LogP contribution in [0, 0.1) is 5.41 Å². The van der Waals surface area contributed by atoms with E-state index in [1.165, 1.54) is 0 Å². The lowest BCUT2D eigenvalue weighted by molar-refractivity contribution is -0.0163. The molecule has 3 N–H and O–H groups in total. The Labute approximate surface area is 102 Å². The van der Waals surface area contributed by atoms with Crippen LogP contribution >= 0.6 is 0 Å². The van der Waals surface area contributed by atoms with Gasteiger partial charge in [-0.2, -0.15) is 0 Å². The summed E-state index contributed by atoms with van der Waals surface area (Å²) in [5, 5.41) is 7.26. The minimum atomic E-state index is -0.137. The van der Waals surface area contributed by atoms with Crippen molar-refractivity contribution < 1.29 is 9.47 Å². The number of rotatable bonds is 5. The molecule has 1 rings (SSSR count). The fourth-order valence-electron chi connectivity index (χ4n) is 1.24. The largest absolute Gasteiger partial charge is 0.491 e. The van der Waals surface area contributed by atoms with Gasteiger partial charge in [0.1, 0.15) is 18.2 Å². The van der Waals surface area contributed by atoms with Crippen LogP contribution in [0.2, 0.25) is 0 Å². The standard InChI is InChI=1S/C13H20N2O2/c1-13(2,3)17-9-8-16-11-6-4-10(5-7-11)12(14)15/h4-7H,8-9H2,1-3H3,(H3,14,15). The summed E-state index contributed by atoms with van der Waals surface area (Å²) in [5.41, 5.74) is 5.92. The summed E-state index contributed by atoms with van der Waals surface area (Å²) in [7, 11) is 0. The molecule has 1 aromatic rings. The van der Waals surface area contributed by atoms with Crippen LogP contribution in [0.15, 0.2) is 24.3 Å². The molecule has 0 saturated carbocycles. The molecule has 0 saturated heterocycles. The monoisotopic (exact) mass is 236 g/mol. The number of amidine groups is 1. The fraction of sp³-hybridized carbons (Fsp3) is 0.462. The van der Waals surface area contributed by atoms with Gasteiger partial charge in [-0.3, -0.25) is 5.41 Å². The molecule has 0 bridgehead atoms. The van der Waals surface area contributed by atoms with Crippen molar-refractivity contribution in [3.63, 3.8) is 0 Å². The van der Waals surface area contributed by atoms with Gasteiger partial charge < -0.3 is 15.2 Å². The molecule has 0 unspecified atom stereocenters. The normalized spacial score (nSPS) is 11.2. The van der Waals surface area contributed by atoms with Crippen molar-refractivity contribution in [2.24, 2.45) is 5.73 Å². The molecule has 17 heavy (non-hydrogen) atoms. The molecule has 0 atom stereocenters. The lowest BCUT2D eigenvalue weighted by atomic mass is 10.2. The van der Waals surface area contributed by atoms with E-state index in [1.807, 2.05) is 20.8 Å². The summed E-state index contributed by atoms with van der Waals surface area (Å²) in [6.45, 7) is 7.09. The highest BCUT2D eigenvalue weighted by Gasteiger charge is 2.09. The van der Waals surface area contributed by atoms with Gasteiger partial charge in [-0.15, -0.1) is 0 Å². The lowest BCUT2D eigenvalue weighted by Gasteiger charge is -2.19. The van der Waals surface area contributed by atoms with Crippen molar-refractivity contribution in [2.45, 2.75) is 26.4 Å². The minimum Gasteiger partial charge on any atom is -0.491 e. The number of ether oxygens (including phenoxy) is 2. The summed E-state index contributed by atoms with van der Waals surface area (Å²) in [4.78, 5) is 0. The molecule has 94 valence electrons. The molecule has 0 spiro atoms. The Kier molecular flexibility index (Phi) is 4.52. The fourth-order valence-corrected chi connectivity index (χ4v) is 1.24. The average molecular weight is 236 g/mol. The molecule has 0 aliphatic rings. The highest BCUT2D eigenvalue weighted by molar-refractivity contribution is 5.94. The van der Waals surface area contributed by atoms with Gasteiger partial charge >= 0.3 is 0 Å². The van der Waals surface area contributed by atoms with Crippen molar-refractivity contribution in [1.29, 1.82) is 5.41 Å². The summed E-state index contributed by atoms with van der Waals surface area (Å²) >= 11 is 0. The number of hydrogen-bond donors (Lipinski definition) is 2. The predicted molar refractivity (Wildman–Crippen MR) is 68.7 cm³/mol. The molecule has 0 amide bonds. The Morgan fingerprint density at radius 2 is 1.76 bits per heavy atom. The maximum Gasteiger partial charge on any atom is 0.122 e. The average Bonchev–Trinajstić information content (AvgIpc) is 2.24. The molecule has 4 heteroatoms. The van der Waals surface area contributed by atoms with Crippen molar-refractivity contribution in [3.8, 4) is 5.75 Å². The van der Waals surface area contributed by atoms with E-state index in [9.17, 15) is 0 Å². The maximum absolute atomic E-state index is 7.26. The number of hydrogen-bond acceptors (Lipinski definition) is 3. The van der Waals surface area contributed by atoms with Crippen molar-refractivity contribution in [2.75, 3.05) is 13.2 Å². The predicted octanol–water partition coefficient (Wildman–Crippen LogP) is 2.16.